The molecule has 1 fully saturated rings. The number of aliphatic imine (C=N–C) groups is 1. The Hall–Kier alpha value is -2.96. The van der Waals surface area contributed by atoms with Crippen molar-refractivity contribution in [2.45, 2.75) is 6.54 Å². The summed E-state index contributed by atoms with van der Waals surface area (Å²) in [4.78, 5) is 15.7. The van der Waals surface area contributed by atoms with E-state index in [1.54, 1.807) is 7.11 Å². The smallest absolute Gasteiger partial charge is 0.194 e. The summed E-state index contributed by atoms with van der Waals surface area (Å²) in [5.74, 6) is 2.80. The summed E-state index contributed by atoms with van der Waals surface area (Å²) in [6, 6.07) is 12.3. The van der Waals surface area contributed by atoms with Crippen molar-refractivity contribution >= 4 is 17.5 Å². The average Bonchev–Trinajstić information content (AvgIpc) is 2.75. The van der Waals surface area contributed by atoms with Gasteiger partial charge in [0.2, 0.25) is 0 Å². The standard InChI is InChI=1S/C21H30N6O/c1-22-21(24-16-17-6-5-11-23-20(17)25(2)3)27-14-12-26(13-15-27)18-7-9-19(28-4)10-8-18/h5-11H,12-16H2,1-4H3,(H,22,24). The first-order valence-electron chi connectivity index (χ1n) is 9.58. The predicted molar refractivity (Wildman–Crippen MR) is 116 cm³/mol. The zero-order valence-corrected chi connectivity index (χ0v) is 17.2. The second-order valence-corrected chi connectivity index (χ2v) is 6.95. The van der Waals surface area contributed by atoms with Crippen LogP contribution < -0.4 is 19.9 Å². The van der Waals surface area contributed by atoms with Crippen LogP contribution >= 0.6 is 0 Å². The second kappa shape index (κ2) is 9.30. The van der Waals surface area contributed by atoms with E-state index in [0.717, 1.165) is 49.3 Å². The molecule has 0 unspecified atom stereocenters. The number of guanidine groups is 1. The Morgan fingerprint density at radius 3 is 2.46 bits per heavy atom. The van der Waals surface area contributed by atoms with E-state index in [2.05, 4.69) is 43.3 Å². The largest absolute Gasteiger partial charge is 0.497 e. The van der Waals surface area contributed by atoms with Gasteiger partial charge in [-0.1, -0.05) is 6.07 Å². The fraction of sp³-hybridized carbons (Fsp3) is 0.429. The van der Waals surface area contributed by atoms with Gasteiger partial charge in [-0.3, -0.25) is 4.99 Å². The summed E-state index contributed by atoms with van der Waals surface area (Å²) >= 11 is 0. The van der Waals surface area contributed by atoms with Crippen molar-refractivity contribution in [1.82, 2.24) is 15.2 Å². The lowest BCUT2D eigenvalue weighted by Crippen LogP contribution is -2.52. The van der Waals surface area contributed by atoms with Crippen LogP contribution in [0.3, 0.4) is 0 Å². The van der Waals surface area contributed by atoms with E-state index in [9.17, 15) is 0 Å². The molecule has 1 saturated heterocycles. The third-order valence-electron chi connectivity index (χ3n) is 4.96. The molecule has 2 heterocycles. The summed E-state index contributed by atoms with van der Waals surface area (Å²) in [6.07, 6.45) is 1.83. The van der Waals surface area contributed by atoms with Crippen LogP contribution in [0.2, 0.25) is 0 Å². The molecule has 0 aliphatic carbocycles. The Bertz CT molecular complexity index is 782. The van der Waals surface area contributed by atoms with Gasteiger partial charge in [0.05, 0.1) is 7.11 Å². The van der Waals surface area contributed by atoms with Crippen LogP contribution in [0, 0.1) is 0 Å². The molecule has 0 saturated carbocycles. The Morgan fingerprint density at radius 2 is 1.86 bits per heavy atom. The molecule has 0 amide bonds. The molecule has 1 N–H and O–H groups in total. The fourth-order valence-electron chi connectivity index (χ4n) is 3.45. The van der Waals surface area contributed by atoms with Crippen molar-refractivity contribution in [3.8, 4) is 5.75 Å². The van der Waals surface area contributed by atoms with Gasteiger partial charge in [-0.05, 0) is 30.3 Å². The van der Waals surface area contributed by atoms with Gasteiger partial charge in [0.1, 0.15) is 11.6 Å². The van der Waals surface area contributed by atoms with E-state index in [-0.39, 0.29) is 0 Å². The van der Waals surface area contributed by atoms with Gasteiger partial charge in [-0.15, -0.1) is 0 Å². The molecule has 3 rings (SSSR count). The van der Waals surface area contributed by atoms with Crippen molar-refractivity contribution in [3.63, 3.8) is 0 Å². The Kier molecular flexibility index (Phi) is 6.57. The number of hydrogen-bond donors (Lipinski definition) is 1. The summed E-state index contributed by atoms with van der Waals surface area (Å²) < 4.78 is 5.25. The summed E-state index contributed by atoms with van der Waals surface area (Å²) in [6.45, 7) is 4.48. The van der Waals surface area contributed by atoms with Gasteiger partial charge in [0.25, 0.3) is 0 Å². The van der Waals surface area contributed by atoms with Gasteiger partial charge >= 0.3 is 0 Å². The van der Waals surface area contributed by atoms with E-state index < -0.39 is 0 Å². The van der Waals surface area contributed by atoms with E-state index in [4.69, 9.17) is 4.74 Å². The maximum Gasteiger partial charge on any atom is 0.194 e. The number of hydrogen-bond acceptors (Lipinski definition) is 5. The number of benzene rings is 1. The van der Waals surface area contributed by atoms with Crippen molar-refractivity contribution in [3.05, 3.63) is 48.2 Å². The SMILES string of the molecule is CN=C(NCc1cccnc1N(C)C)N1CCN(c2ccc(OC)cc2)CC1. The summed E-state index contributed by atoms with van der Waals surface area (Å²) in [5, 5.41) is 3.49. The number of ether oxygens (including phenoxy) is 1. The predicted octanol–water partition coefficient (Wildman–Crippen LogP) is 2.05. The van der Waals surface area contributed by atoms with Crippen LogP contribution in [0.15, 0.2) is 47.6 Å². The number of nitrogens with one attached hydrogen (secondary N) is 1. The lowest BCUT2D eigenvalue weighted by Gasteiger charge is -2.37. The fourth-order valence-corrected chi connectivity index (χ4v) is 3.45. The van der Waals surface area contributed by atoms with Gasteiger partial charge in [-0.2, -0.15) is 0 Å². The monoisotopic (exact) mass is 382 g/mol. The van der Waals surface area contributed by atoms with E-state index in [0.29, 0.717) is 6.54 Å². The molecule has 28 heavy (non-hydrogen) atoms. The summed E-state index contributed by atoms with van der Waals surface area (Å²) in [7, 11) is 7.56. The van der Waals surface area contributed by atoms with Crippen LogP contribution in [-0.2, 0) is 6.54 Å². The van der Waals surface area contributed by atoms with Gasteiger partial charge in [0, 0.05) is 71.3 Å². The maximum atomic E-state index is 5.25. The third kappa shape index (κ3) is 4.65. The highest BCUT2D eigenvalue weighted by atomic mass is 16.5. The highest BCUT2D eigenvalue weighted by Gasteiger charge is 2.20. The minimum Gasteiger partial charge on any atom is -0.497 e. The molecule has 150 valence electrons. The minimum atomic E-state index is 0.701. The summed E-state index contributed by atoms with van der Waals surface area (Å²) in [5.41, 5.74) is 2.39. The maximum absolute atomic E-state index is 5.25. The van der Waals surface area contributed by atoms with Crippen LogP contribution in [0.1, 0.15) is 5.56 Å². The van der Waals surface area contributed by atoms with Crippen molar-refractivity contribution in [2.75, 3.05) is 64.2 Å². The lowest BCUT2D eigenvalue weighted by molar-refractivity contribution is 0.372. The van der Waals surface area contributed by atoms with Crippen molar-refractivity contribution < 1.29 is 4.74 Å². The topological polar surface area (TPSA) is 56.2 Å². The molecule has 7 nitrogen and oxygen atoms in total. The molecule has 2 aromatic rings. The van der Waals surface area contributed by atoms with Gasteiger partial charge < -0.3 is 24.8 Å². The molecule has 7 heteroatoms. The van der Waals surface area contributed by atoms with Crippen molar-refractivity contribution in [1.29, 1.82) is 0 Å². The number of pyridine rings is 1. The second-order valence-electron chi connectivity index (χ2n) is 6.95. The zero-order chi connectivity index (χ0) is 19.9. The van der Waals surface area contributed by atoms with Gasteiger partial charge in [-0.25, -0.2) is 4.98 Å². The Balaban J connectivity index is 1.56. The molecule has 0 bridgehead atoms. The van der Waals surface area contributed by atoms with Crippen LogP contribution in [0.4, 0.5) is 11.5 Å². The highest BCUT2D eigenvalue weighted by Crippen LogP contribution is 2.20. The first-order valence-corrected chi connectivity index (χ1v) is 9.58. The normalized spacial score (nSPS) is 14.8. The average molecular weight is 383 g/mol. The third-order valence-corrected chi connectivity index (χ3v) is 4.96. The Morgan fingerprint density at radius 1 is 1.14 bits per heavy atom. The first-order chi connectivity index (χ1) is 13.6. The number of nitrogens with zero attached hydrogens (tertiary/aromatic N) is 5. The lowest BCUT2D eigenvalue weighted by atomic mass is 10.2. The first kappa shape index (κ1) is 19.8. The molecular formula is C21H30N6O. The van der Waals surface area contributed by atoms with Crippen LogP contribution in [0.5, 0.6) is 5.75 Å². The molecule has 0 radical (unpaired) electrons. The minimum absolute atomic E-state index is 0.701. The molecule has 1 aromatic carbocycles. The number of rotatable bonds is 5. The number of piperazine rings is 1. The molecule has 1 aliphatic rings. The molecule has 1 aliphatic heterocycles. The number of aromatic nitrogens is 1. The van der Waals surface area contributed by atoms with Crippen molar-refractivity contribution in [2.24, 2.45) is 4.99 Å². The zero-order valence-electron chi connectivity index (χ0n) is 17.2. The number of anilines is 2. The van der Waals surface area contributed by atoms with E-state index in [1.165, 1.54) is 5.69 Å². The van der Waals surface area contributed by atoms with Crippen LogP contribution in [0.25, 0.3) is 0 Å². The number of methoxy groups -OCH3 is 1. The van der Waals surface area contributed by atoms with Crippen LogP contribution in [-0.4, -0.2) is 70.3 Å². The Labute approximate surface area is 167 Å². The molecule has 1 aromatic heterocycles. The quantitative estimate of drug-likeness (QED) is 0.631. The van der Waals surface area contributed by atoms with Gasteiger partial charge in [0.15, 0.2) is 5.96 Å². The van der Waals surface area contributed by atoms with E-state index in [1.807, 2.05) is 50.4 Å². The molecule has 0 atom stereocenters. The van der Waals surface area contributed by atoms with E-state index >= 15 is 0 Å². The highest BCUT2D eigenvalue weighted by molar-refractivity contribution is 5.80. The molecular weight excluding hydrogens is 352 g/mol. The molecule has 0 spiro atoms.